The summed E-state index contributed by atoms with van der Waals surface area (Å²) in [5.74, 6) is 0.377. The van der Waals surface area contributed by atoms with Crippen molar-refractivity contribution in [2.45, 2.75) is 13.5 Å². The second-order valence-corrected chi connectivity index (χ2v) is 6.64. The average Bonchev–Trinajstić information content (AvgIpc) is 3.04. The van der Waals surface area contributed by atoms with Crippen molar-refractivity contribution in [2.24, 2.45) is 0 Å². The van der Waals surface area contributed by atoms with Gasteiger partial charge in [-0.1, -0.05) is 12.1 Å². The van der Waals surface area contributed by atoms with Crippen LogP contribution in [0.25, 0.3) is 6.08 Å². The van der Waals surface area contributed by atoms with E-state index in [2.05, 4.69) is 10.3 Å². The number of benzene rings is 1. The van der Waals surface area contributed by atoms with Gasteiger partial charge in [-0.2, -0.15) is 0 Å². The zero-order valence-electron chi connectivity index (χ0n) is 11.7. The van der Waals surface area contributed by atoms with Crippen molar-refractivity contribution in [2.75, 3.05) is 0 Å². The van der Waals surface area contributed by atoms with Gasteiger partial charge in [-0.15, -0.1) is 11.3 Å². The molecule has 2 amide bonds. The van der Waals surface area contributed by atoms with E-state index in [9.17, 15) is 9.59 Å². The molecule has 0 aliphatic carbocycles. The third-order valence-electron chi connectivity index (χ3n) is 2.87. The Labute approximate surface area is 135 Å². The lowest BCUT2D eigenvalue weighted by molar-refractivity contribution is -0.115. The van der Waals surface area contributed by atoms with Crippen LogP contribution in [0.1, 0.15) is 16.3 Å². The van der Waals surface area contributed by atoms with E-state index in [-0.39, 0.29) is 11.1 Å². The molecule has 0 saturated carbocycles. The van der Waals surface area contributed by atoms with Crippen LogP contribution in [0.2, 0.25) is 0 Å². The molecule has 1 aromatic heterocycles. The monoisotopic (exact) mass is 332 g/mol. The lowest BCUT2D eigenvalue weighted by Gasteiger charge is -2.04. The average molecular weight is 332 g/mol. The maximum Gasteiger partial charge on any atom is 0.290 e. The minimum Gasteiger partial charge on any atom is -0.487 e. The van der Waals surface area contributed by atoms with Gasteiger partial charge in [0.1, 0.15) is 12.4 Å². The van der Waals surface area contributed by atoms with Crippen molar-refractivity contribution >= 4 is 40.3 Å². The molecule has 2 heterocycles. The van der Waals surface area contributed by atoms with E-state index in [1.54, 1.807) is 17.4 Å². The number of aryl methyl sites for hydroxylation is 1. The third-order valence-corrected chi connectivity index (χ3v) is 4.51. The highest BCUT2D eigenvalue weighted by Crippen LogP contribution is 2.26. The fourth-order valence-corrected chi connectivity index (χ4v) is 3.14. The van der Waals surface area contributed by atoms with Gasteiger partial charge in [0.15, 0.2) is 0 Å². The SMILES string of the molecule is Cc1nc(COc2ccc(/C=C3\SC(=O)NC3=O)cc2)cs1. The number of amides is 2. The van der Waals surface area contributed by atoms with Crippen LogP contribution in [0.4, 0.5) is 4.79 Å². The summed E-state index contributed by atoms with van der Waals surface area (Å²) in [7, 11) is 0. The summed E-state index contributed by atoms with van der Waals surface area (Å²) in [6.07, 6.45) is 1.68. The Morgan fingerprint density at radius 1 is 1.27 bits per heavy atom. The van der Waals surface area contributed by atoms with Crippen LogP contribution < -0.4 is 10.1 Å². The van der Waals surface area contributed by atoms with Crippen molar-refractivity contribution in [3.8, 4) is 5.75 Å². The predicted octanol–water partition coefficient (Wildman–Crippen LogP) is 3.35. The summed E-state index contributed by atoms with van der Waals surface area (Å²) in [6, 6.07) is 7.33. The zero-order valence-corrected chi connectivity index (χ0v) is 13.3. The summed E-state index contributed by atoms with van der Waals surface area (Å²) in [5.41, 5.74) is 1.75. The first-order chi connectivity index (χ1) is 10.6. The standard InChI is InChI=1S/C15H12N2O3S2/c1-9-16-11(8-21-9)7-20-12-4-2-10(3-5-12)6-13-14(18)17-15(19)22-13/h2-6,8H,7H2,1H3,(H,17,18,19)/b13-6-. The highest BCUT2D eigenvalue weighted by atomic mass is 32.2. The molecule has 1 N–H and O–H groups in total. The first kappa shape index (κ1) is 14.8. The molecule has 1 aromatic carbocycles. The van der Waals surface area contributed by atoms with E-state index in [0.717, 1.165) is 33.8 Å². The molecule has 112 valence electrons. The van der Waals surface area contributed by atoms with Crippen molar-refractivity contribution in [3.63, 3.8) is 0 Å². The molecule has 5 nitrogen and oxygen atoms in total. The van der Waals surface area contributed by atoms with E-state index in [0.29, 0.717) is 11.5 Å². The molecule has 2 aromatic rings. The second kappa shape index (κ2) is 6.33. The fourth-order valence-electron chi connectivity index (χ4n) is 1.86. The van der Waals surface area contributed by atoms with Gasteiger partial charge in [-0.3, -0.25) is 14.9 Å². The van der Waals surface area contributed by atoms with Crippen molar-refractivity contribution < 1.29 is 14.3 Å². The Kier molecular flexibility index (Phi) is 4.26. The molecular formula is C15H12N2O3S2. The zero-order chi connectivity index (χ0) is 15.5. The molecule has 0 atom stereocenters. The summed E-state index contributed by atoms with van der Waals surface area (Å²) in [5, 5.41) is 4.88. The molecule has 1 fully saturated rings. The van der Waals surface area contributed by atoms with Crippen molar-refractivity contribution in [3.05, 3.63) is 50.8 Å². The Morgan fingerprint density at radius 3 is 2.64 bits per heavy atom. The lowest BCUT2D eigenvalue weighted by Crippen LogP contribution is -2.17. The Morgan fingerprint density at radius 2 is 2.05 bits per heavy atom. The third kappa shape index (κ3) is 3.55. The Balaban J connectivity index is 1.64. The number of carbonyl (C=O) groups is 2. The summed E-state index contributed by atoms with van der Waals surface area (Å²) in [4.78, 5) is 27.3. The number of nitrogens with zero attached hydrogens (tertiary/aromatic N) is 1. The second-order valence-electron chi connectivity index (χ2n) is 4.57. The van der Waals surface area contributed by atoms with Crippen LogP contribution >= 0.6 is 23.1 Å². The first-order valence-corrected chi connectivity index (χ1v) is 8.18. The maximum absolute atomic E-state index is 11.5. The minimum absolute atomic E-state index is 0.338. The smallest absolute Gasteiger partial charge is 0.290 e. The van der Waals surface area contributed by atoms with Crippen LogP contribution in [-0.4, -0.2) is 16.1 Å². The maximum atomic E-state index is 11.5. The molecule has 1 aliphatic heterocycles. The normalized spacial score (nSPS) is 16.1. The minimum atomic E-state index is -0.353. The molecule has 0 radical (unpaired) electrons. The summed E-state index contributed by atoms with van der Waals surface area (Å²) < 4.78 is 5.65. The molecule has 0 spiro atoms. The largest absolute Gasteiger partial charge is 0.487 e. The molecular weight excluding hydrogens is 320 g/mol. The van der Waals surface area contributed by atoms with Crippen LogP contribution in [-0.2, 0) is 11.4 Å². The van der Waals surface area contributed by atoms with E-state index in [1.807, 2.05) is 36.6 Å². The molecule has 22 heavy (non-hydrogen) atoms. The van der Waals surface area contributed by atoms with Crippen molar-refractivity contribution in [1.29, 1.82) is 0 Å². The van der Waals surface area contributed by atoms with E-state index >= 15 is 0 Å². The van der Waals surface area contributed by atoms with Gasteiger partial charge in [-0.05, 0) is 42.5 Å². The van der Waals surface area contributed by atoms with E-state index in [4.69, 9.17) is 4.74 Å². The van der Waals surface area contributed by atoms with Crippen LogP contribution in [0.3, 0.4) is 0 Å². The van der Waals surface area contributed by atoms with E-state index in [1.165, 1.54) is 0 Å². The Bertz CT molecular complexity index is 750. The van der Waals surface area contributed by atoms with Gasteiger partial charge in [0.25, 0.3) is 11.1 Å². The number of thiazole rings is 1. The Hall–Kier alpha value is -2.12. The first-order valence-electron chi connectivity index (χ1n) is 6.49. The van der Waals surface area contributed by atoms with Gasteiger partial charge in [0, 0.05) is 5.38 Å². The number of ether oxygens (including phenoxy) is 1. The predicted molar refractivity (Wildman–Crippen MR) is 86.7 cm³/mol. The summed E-state index contributed by atoms with van der Waals surface area (Å²) >= 11 is 2.50. The van der Waals surface area contributed by atoms with Gasteiger partial charge in [-0.25, -0.2) is 4.98 Å². The number of aromatic nitrogens is 1. The molecule has 7 heteroatoms. The van der Waals surface area contributed by atoms with Gasteiger partial charge in [0.2, 0.25) is 0 Å². The number of hydrogen-bond donors (Lipinski definition) is 1. The molecule has 1 saturated heterocycles. The van der Waals surface area contributed by atoms with Crippen LogP contribution in [0.5, 0.6) is 5.75 Å². The van der Waals surface area contributed by atoms with Crippen molar-refractivity contribution in [1.82, 2.24) is 10.3 Å². The van der Waals surface area contributed by atoms with Gasteiger partial charge >= 0.3 is 0 Å². The molecule has 0 unspecified atom stereocenters. The quantitative estimate of drug-likeness (QED) is 0.870. The number of hydrogen-bond acceptors (Lipinski definition) is 6. The molecule has 3 rings (SSSR count). The molecule has 1 aliphatic rings. The number of rotatable bonds is 4. The number of nitrogens with one attached hydrogen (secondary N) is 1. The topological polar surface area (TPSA) is 68.3 Å². The number of imide groups is 1. The van der Waals surface area contributed by atoms with Gasteiger partial charge in [0.05, 0.1) is 15.6 Å². The highest BCUT2D eigenvalue weighted by Gasteiger charge is 2.24. The number of carbonyl (C=O) groups excluding carboxylic acids is 2. The van der Waals surface area contributed by atoms with E-state index < -0.39 is 0 Å². The highest BCUT2D eigenvalue weighted by molar-refractivity contribution is 8.18. The summed E-state index contributed by atoms with van der Waals surface area (Å²) in [6.45, 7) is 2.38. The van der Waals surface area contributed by atoms with Gasteiger partial charge < -0.3 is 4.74 Å². The lowest BCUT2D eigenvalue weighted by atomic mass is 10.2. The van der Waals surface area contributed by atoms with Crippen LogP contribution in [0, 0.1) is 6.92 Å². The fraction of sp³-hybridized carbons (Fsp3) is 0.133. The molecule has 0 bridgehead atoms. The van der Waals surface area contributed by atoms with Crippen LogP contribution in [0.15, 0.2) is 34.6 Å². The number of thioether (sulfide) groups is 1.